The van der Waals surface area contributed by atoms with Gasteiger partial charge in [0.2, 0.25) is 5.91 Å². The van der Waals surface area contributed by atoms with Crippen molar-refractivity contribution in [3.63, 3.8) is 0 Å². The first-order valence-corrected chi connectivity index (χ1v) is 22.5. The minimum atomic E-state index is -0.477. The van der Waals surface area contributed by atoms with E-state index in [9.17, 15) is 19.2 Å². The SMILES string of the molecule is CCC(C)C(CC)C(CC)C(CC)C(CC)CCCCNC(=O)CCC/C=C\C[C@@H]1[C@@H](/C=C/[C@H](CCc2ccccc2)OC(C)=O)[C@H](OC(C)=O)C[C@@H]1OC(C)=O. The summed E-state index contributed by atoms with van der Waals surface area (Å²) in [6.07, 6.45) is 20.7. The van der Waals surface area contributed by atoms with Crippen molar-refractivity contribution < 1.29 is 33.4 Å². The molecule has 0 spiro atoms. The Morgan fingerprint density at radius 3 is 2.02 bits per heavy atom. The number of allylic oxidation sites excluding steroid dienone is 2. The lowest BCUT2D eigenvalue weighted by molar-refractivity contribution is -0.149. The third kappa shape index (κ3) is 18.4. The van der Waals surface area contributed by atoms with Crippen molar-refractivity contribution in [3.8, 4) is 0 Å². The molecule has 2 rings (SSSR count). The molecule has 0 bridgehead atoms. The second-order valence-electron chi connectivity index (χ2n) is 16.5. The normalized spacial score (nSPS) is 21.4. The van der Waals surface area contributed by atoms with Crippen molar-refractivity contribution in [2.24, 2.45) is 41.4 Å². The number of amides is 1. The van der Waals surface area contributed by atoms with Crippen molar-refractivity contribution >= 4 is 23.8 Å². The minimum absolute atomic E-state index is 0.0991. The number of carbonyl (C=O) groups is 4. The summed E-state index contributed by atoms with van der Waals surface area (Å²) in [5, 5.41) is 3.15. The van der Waals surface area contributed by atoms with E-state index in [0.717, 1.165) is 73.8 Å². The van der Waals surface area contributed by atoms with Crippen molar-refractivity contribution in [1.29, 1.82) is 0 Å². The van der Waals surface area contributed by atoms with Gasteiger partial charge in [0.15, 0.2) is 0 Å². The second-order valence-corrected chi connectivity index (χ2v) is 16.5. The molecule has 57 heavy (non-hydrogen) atoms. The van der Waals surface area contributed by atoms with E-state index in [1.165, 1.54) is 59.3 Å². The van der Waals surface area contributed by atoms with Gasteiger partial charge < -0.3 is 19.5 Å². The third-order valence-corrected chi connectivity index (χ3v) is 12.6. The van der Waals surface area contributed by atoms with E-state index in [1.54, 1.807) is 0 Å². The second kappa shape index (κ2) is 28.1. The molecule has 1 saturated carbocycles. The summed E-state index contributed by atoms with van der Waals surface area (Å²) in [6.45, 7) is 19.2. The fourth-order valence-electron chi connectivity index (χ4n) is 9.62. The van der Waals surface area contributed by atoms with Crippen LogP contribution in [0.3, 0.4) is 0 Å². The number of hydrogen-bond acceptors (Lipinski definition) is 7. The Bertz CT molecular complexity index is 1360. The van der Waals surface area contributed by atoms with E-state index in [0.29, 0.717) is 25.7 Å². The average molecular weight is 794 g/mol. The Labute approximate surface area is 346 Å². The molecule has 1 amide bonds. The molecule has 8 heteroatoms. The Morgan fingerprint density at radius 1 is 0.754 bits per heavy atom. The number of carbonyl (C=O) groups excluding carboxylic acids is 4. The largest absolute Gasteiger partial charge is 0.462 e. The van der Waals surface area contributed by atoms with Gasteiger partial charge in [-0.15, -0.1) is 0 Å². The standard InChI is InChI=1S/C49H79NO7/c1-10-35(6)42(12-3)44(14-5)43(13-4)40(11-2)26-22-23-33-50-49(54)28-21-16-15-20-27-45-46(48(57-38(9)53)34-47(45)56-37(8)52)32-31-41(55-36(7)51)30-29-39-24-18-17-19-25-39/h15,17-20,24-25,31-32,35,40-48H,10-14,16,21-23,26-30,33-34H2,1-9H3,(H,50,54)/b20-15-,32-31+/t35?,40?,41-,42?,43?,44?,45+,46+,47-,48+/m0/s1. The Hall–Kier alpha value is -3.42. The molecular formula is C49H79NO7. The predicted octanol–water partition coefficient (Wildman–Crippen LogP) is 11.2. The van der Waals surface area contributed by atoms with Crippen LogP contribution in [-0.2, 0) is 39.8 Å². The number of hydrogen-bond donors (Lipinski definition) is 1. The molecular weight excluding hydrogens is 715 g/mol. The first kappa shape index (κ1) is 49.7. The number of ether oxygens (including phenoxy) is 3. The summed E-state index contributed by atoms with van der Waals surface area (Å²) in [6, 6.07) is 10.0. The molecule has 1 aromatic rings. The number of esters is 3. The van der Waals surface area contributed by atoms with Gasteiger partial charge in [-0.25, -0.2) is 0 Å². The van der Waals surface area contributed by atoms with E-state index >= 15 is 0 Å². The molecule has 5 unspecified atom stereocenters. The molecule has 1 aromatic carbocycles. The highest BCUT2D eigenvalue weighted by atomic mass is 16.6. The summed E-state index contributed by atoms with van der Waals surface area (Å²) >= 11 is 0. The van der Waals surface area contributed by atoms with Crippen LogP contribution in [0, 0.1) is 41.4 Å². The zero-order valence-corrected chi connectivity index (χ0v) is 37.1. The fourth-order valence-corrected chi connectivity index (χ4v) is 9.62. The third-order valence-electron chi connectivity index (χ3n) is 12.6. The minimum Gasteiger partial charge on any atom is -0.462 e. The molecule has 0 saturated heterocycles. The van der Waals surface area contributed by atoms with Crippen molar-refractivity contribution in [2.45, 2.75) is 177 Å². The maximum absolute atomic E-state index is 12.7. The van der Waals surface area contributed by atoms with E-state index in [-0.39, 0.29) is 29.7 Å². The first-order valence-electron chi connectivity index (χ1n) is 22.5. The molecule has 10 atom stereocenters. The highest BCUT2D eigenvalue weighted by molar-refractivity contribution is 5.75. The Kier molecular flexibility index (Phi) is 24.5. The number of rotatable bonds is 28. The van der Waals surface area contributed by atoms with Gasteiger partial charge in [-0.3, -0.25) is 19.2 Å². The van der Waals surface area contributed by atoms with Crippen molar-refractivity contribution in [1.82, 2.24) is 5.32 Å². The lowest BCUT2D eigenvalue weighted by atomic mass is 9.66. The van der Waals surface area contributed by atoms with Gasteiger partial charge in [-0.05, 0) is 79.8 Å². The van der Waals surface area contributed by atoms with Gasteiger partial charge >= 0.3 is 17.9 Å². The van der Waals surface area contributed by atoms with Gasteiger partial charge in [-0.2, -0.15) is 0 Å². The Morgan fingerprint density at radius 2 is 1.42 bits per heavy atom. The van der Waals surface area contributed by atoms with Gasteiger partial charge in [0.1, 0.15) is 18.3 Å². The quantitative estimate of drug-likeness (QED) is 0.0389. The van der Waals surface area contributed by atoms with Gasteiger partial charge in [0.05, 0.1) is 0 Å². The molecule has 1 aliphatic carbocycles. The highest BCUT2D eigenvalue weighted by Gasteiger charge is 2.45. The summed E-state index contributed by atoms with van der Waals surface area (Å²) < 4.78 is 17.1. The zero-order valence-electron chi connectivity index (χ0n) is 37.1. The molecule has 1 fully saturated rings. The zero-order chi connectivity index (χ0) is 42.2. The molecule has 0 radical (unpaired) electrons. The van der Waals surface area contributed by atoms with Crippen LogP contribution in [0.1, 0.15) is 158 Å². The molecule has 0 heterocycles. The number of benzene rings is 1. The maximum Gasteiger partial charge on any atom is 0.303 e. The van der Waals surface area contributed by atoms with Crippen molar-refractivity contribution in [3.05, 3.63) is 60.2 Å². The smallest absolute Gasteiger partial charge is 0.303 e. The van der Waals surface area contributed by atoms with Crippen LogP contribution in [0.5, 0.6) is 0 Å². The van der Waals surface area contributed by atoms with Gasteiger partial charge in [-0.1, -0.05) is 135 Å². The van der Waals surface area contributed by atoms with E-state index in [2.05, 4.69) is 59.0 Å². The van der Waals surface area contributed by atoms with E-state index in [4.69, 9.17) is 14.2 Å². The first-order chi connectivity index (χ1) is 27.4. The summed E-state index contributed by atoms with van der Waals surface area (Å²) in [5.74, 6) is 2.47. The van der Waals surface area contributed by atoms with Crippen LogP contribution in [0.4, 0.5) is 0 Å². The van der Waals surface area contributed by atoms with Crippen LogP contribution < -0.4 is 5.32 Å². The molecule has 1 N–H and O–H groups in total. The van der Waals surface area contributed by atoms with Crippen LogP contribution in [-0.4, -0.2) is 48.7 Å². The highest BCUT2D eigenvalue weighted by Crippen LogP contribution is 2.42. The maximum atomic E-state index is 12.7. The fraction of sp³-hybridized carbons (Fsp3) is 0.714. The number of nitrogens with one attached hydrogen (secondary N) is 1. The predicted molar refractivity (Wildman–Crippen MR) is 231 cm³/mol. The molecule has 322 valence electrons. The van der Waals surface area contributed by atoms with Crippen LogP contribution in [0.25, 0.3) is 0 Å². The monoisotopic (exact) mass is 794 g/mol. The summed E-state index contributed by atoms with van der Waals surface area (Å²) in [7, 11) is 0. The van der Waals surface area contributed by atoms with Crippen molar-refractivity contribution in [2.75, 3.05) is 6.54 Å². The van der Waals surface area contributed by atoms with Crippen LogP contribution in [0.2, 0.25) is 0 Å². The topological polar surface area (TPSA) is 108 Å². The number of unbranched alkanes of at least 4 members (excludes halogenated alkanes) is 2. The van der Waals surface area contributed by atoms with Gasteiger partial charge in [0.25, 0.3) is 0 Å². The molecule has 8 nitrogen and oxygen atoms in total. The van der Waals surface area contributed by atoms with Crippen LogP contribution >= 0.6 is 0 Å². The molecule has 0 aromatic heterocycles. The van der Waals surface area contributed by atoms with E-state index in [1.807, 2.05) is 42.5 Å². The average Bonchev–Trinajstić information content (AvgIpc) is 3.49. The van der Waals surface area contributed by atoms with Gasteiger partial charge in [0, 0.05) is 52.0 Å². The molecule has 1 aliphatic rings. The lowest BCUT2D eigenvalue weighted by Gasteiger charge is -2.39. The summed E-state index contributed by atoms with van der Waals surface area (Å²) in [5.41, 5.74) is 1.15. The van der Waals surface area contributed by atoms with E-state index < -0.39 is 24.3 Å². The number of aryl methyl sites for hydroxylation is 1. The summed E-state index contributed by atoms with van der Waals surface area (Å²) in [4.78, 5) is 48.9. The lowest BCUT2D eigenvalue weighted by Crippen LogP contribution is -2.32. The van der Waals surface area contributed by atoms with Crippen LogP contribution in [0.15, 0.2) is 54.6 Å². The molecule has 0 aliphatic heterocycles. The Balaban J connectivity index is 1.92.